The number of methoxy groups -OCH3 is 1. The maximum absolute atomic E-state index is 12.6. The third-order valence-corrected chi connectivity index (χ3v) is 5.32. The Bertz CT molecular complexity index is 599. The molecule has 0 bridgehead atoms. The largest absolute Gasteiger partial charge is 0.497 e. The molecule has 24 heavy (non-hydrogen) atoms. The first-order valence-corrected chi connectivity index (χ1v) is 8.83. The lowest BCUT2D eigenvalue weighted by atomic mass is 9.85. The molecule has 1 N–H and O–H groups in total. The van der Waals surface area contributed by atoms with Gasteiger partial charge in [0.25, 0.3) is 0 Å². The van der Waals surface area contributed by atoms with E-state index >= 15 is 0 Å². The van der Waals surface area contributed by atoms with Gasteiger partial charge in [-0.3, -0.25) is 9.59 Å². The van der Waals surface area contributed by atoms with Gasteiger partial charge in [0, 0.05) is 24.7 Å². The molecule has 2 fully saturated rings. The summed E-state index contributed by atoms with van der Waals surface area (Å²) in [6, 6.07) is 7.65. The van der Waals surface area contributed by atoms with Crippen LogP contribution in [0.15, 0.2) is 24.3 Å². The van der Waals surface area contributed by atoms with Crippen molar-refractivity contribution in [3.05, 3.63) is 24.3 Å². The summed E-state index contributed by atoms with van der Waals surface area (Å²) in [5.74, 6) is 1.06. The van der Waals surface area contributed by atoms with Crippen LogP contribution in [0.2, 0.25) is 0 Å². The van der Waals surface area contributed by atoms with Gasteiger partial charge in [0.05, 0.1) is 13.0 Å². The summed E-state index contributed by atoms with van der Waals surface area (Å²) in [7, 11) is 1.61. The fourth-order valence-electron chi connectivity index (χ4n) is 3.73. The number of rotatable bonds is 4. The van der Waals surface area contributed by atoms with Gasteiger partial charge in [-0.1, -0.05) is 19.8 Å². The van der Waals surface area contributed by atoms with E-state index in [0.29, 0.717) is 18.9 Å². The van der Waals surface area contributed by atoms with Gasteiger partial charge in [0.15, 0.2) is 0 Å². The van der Waals surface area contributed by atoms with Crippen LogP contribution in [-0.4, -0.2) is 31.5 Å². The van der Waals surface area contributed by atoms with Crippen LogP contribution in [-0.2, 0) is 9.59 Å². The summed E-state index contributed by atoms with van der Waals surface area (Å²) >= 11 is 0. The average molecular weight is 330 g/mol. The topological polar surface area (TPSA) is 58.6 Å². The fourth-order valence-corrected chi connectivity index (χ4v) is 3.73. The maximum Gasteiger partial charge on any atom is 0.227 e. The van der Waals surface area contributed by atoms with E-state index in [1.807, 2.05) is 24.3 Å². The molecule has 1 saturated heterocycles. The second kappa shape index (κ2) is 7.24. The number of hydrogen-bond donors (Lipinski definition) is 1. The number of nitrogens with one attached hydrogen (secondary N) is 1. The summed E-state index contributed by atoms with van der Waals surface area (Å²) in [6.45, 7) is 2.66. The number of benzene rings is 1. The molecule has 1 aliphatic carbocycles. The Hall–Kier alpha value is -2.04. The van der Waals surface area contributed by atoms with Crippen molar-refractivity contribution < 1.29 is 14.3 Å². The molecular weight excluding hydrogens is 304 g/mol. The van der Waals surface area contributed by atoms with E-state index in [4.69, 9.17) is 4.74 Å². The highest BCUT2D eigenvalue weighted by molar-refractivity contribution is 6.00. The van der Waals surface area contributed by atoms with Crippen LogP contribution in [0, 0.1) is 11.8 Å². The second-order valence-electron chi connectivity index (χ2n) is 6.98. The first-order valence-electron chi connectivity index (χ1n) is 8.83. The number of hydrogen-bond acceptors (Lipinski definition) is 3. The minimum atomic E-state index is -0.256. The number of anilines is 1. The Kier molecular flexibility index (Phi) is 5.07. The highest BCUT2D eigenvalue weighted by Crippen LogP contribution is 2.28. The Morgan fingerprint density at radius 1 is 1.21 bits per heavy atom. The van der Waals surface area contributed by atoms with Crippen LogP contribution in [0.3, 0.4) is 0 Å². The first kappa shape index (κ1) is 16.8. The third-order valence-electron chi connectivity index (χ3n) is 5.32. The monoisotopic (exact) mass is 330 g/mol. The molecular formula is C19H26N2O3. The standard InChI is InChI=1S/C19H26N2O3/c1-13-5-3-4-6-17(13)20-19(23)14-11-18(22)21(12-14)15-7-9-16(24-2)10-8-15/h7-10,13-14,17H,3-6,11-12H2,1-2H3,(H,20,23). The molecule has 2 amide bonds. The van der Waals surface area contributed by atoms with Gasteiger partial charge in [0.1, 0.15) is 5.75 Å². The van der Waals surface area contributed by atoms with Crippen molar-refractivity contribution in [2.24, 2.45) is 11.8 Å². The number of carbonyl (C=O) groups excluding carboxylic acids is 2. The molecule has 3 unspecified atom stereocenters. The van der Waals surface area contributed by atoms with Gasteiger partial charge in [0.2, 0.25) is 11.8 Å². The van der Waals surface area contributed by atoms with Crippen molar-refractivity contribution in [2.75, 3.05) is 18.6 Å². The Morgan fingerprint density at radius 3 is 2.58 bits per heavy atom. The molecule has 130 valence electrons. The summed E-state index contributed by atoms with van der Waals surface area (Å²) in [4.78, 5) is 26.6. The Morgan fingerprint density at radius 2 is 1.92 bits per heavy atom. The minimum absolute atomic E-state index is 0.0111. The van der Waals surface area contributed by atoms with Crippen molar-refractivity contribution >= 4 is 17.5 Å². The molecule has 1 heterocycles. The summed E-state index contributed by atoms with van der Waals surface area (Å²) in [5.41, 5.74) is 0.821. The normalized spacial score (nSPS) is 27.2. The zero-order valence-electron chi connectivity index (χ0n) is 14.5. The number of ether oxygens (including phenoxy) is 1. The molecule has 5 nitrogen and oxygen atoms in total. The lowest BCUT2D eigenvalue weighted by molar-refractivity contribution is -0.127. The van der Waals surface area contributed by atoms with Crippen LogP contribution in [0.4, 0.5) is 5.69 Å². The molecule has 3 rings (SSSR count). The summed E-state index contributed by atoms with van der Waals surface area (Å²) < 4.78 is 5.15. The molecule has 0 radical (unpaired) electrons. The van der Waals surface area contributed by atoms with Crippen molar-refractivity contribution in [3.8, 4) is 5.75 Å². The van der Waals surface area contributed by atoms with Crippen molar-refractivity contribution in [3.63, 3.8) is 0 Å². The maximum atomic E-state index is 12.6. The van der Waals surface area contributed by atoms with Crippen molar-refractivity contribution in [1.29, 1.82) is 0 Å². The molecule has 2 aliphatic rings. The summed E-state index contributed by atoms with van der Waals surface area (Å²) in [6.07, 6.45) is 4.94. The van der Waals surface area contributed by atoms with Crippen molar-refractivity contribution in [2.45, 2.75) is 45.1 Å². The van der Waals surface area contributed by atoms with Crippen LogP contribution < -0.4 is 15.0 Å². The highest BCUT2D eigenvalue weighted by atomic mass is 16.5. The van der Waals surface area contributed by atoms with E-state index in [1.165, 1.54) is 19.3 Å². The molecule has 0 spiro atoms. The Balaban J connectivity index is 1.62. The zero-order chi connectivity index (χ0) is 17.1. The first-order chi connectivity index (χ1) is 11.6. The van der Waals surface area contributed by atoms with E-state index < -0.39 is 0 Å². The molecule has 1 saturated carbocycles. The highest BCUT2D eigenvalue weighted by Gasteiger charge is 2.36. The lowest BCUT2D eigenvalue weighted by Gasteiger charge is -2.30. The van der Waals surface area contributed by atoms with E-state index in [2.05, 4.69) is 12.2 Å². The molecule has 1 aromatic carbocycles. The third kappa shape index (κ3) is 3.55. The molecule has 1 aromatic rings. The van der Waals surface area contributed by atoms with Crippen LogP contribution in [0.25, 0.3) is 0 Å². The molecule has 0 aromatic heterocycles. The SMILES string of the molecule is COc1ccc(N2CC(C(=O)NC3CCCCC3C)CC2=O)cc1. The van der Waals surface area contributed by atoms with Crippen LogP contribution in [0.5, 0.6) is 5.75 Å². The minimum Gasteiger partial charge on any atom is -0.497 e. The van der Waals surface area contributed by atoms with E-state index in [-0.39, 0.29) is 23.8 Å². The van der Waals surface area contributed by atoms with Crippen LogP contribution >= 0.6 is 0 Å². The van der Waals surface area contributed by atoms with Gasteiger partial charge in [-0.05, 0) is 43.0 Å². The second-order valence-corrected chi connectivity index (χ2v) is 6.98. The van der Waals surface area contributed by atoms with Crippen LogP contribution in [0.1, 0.15) is 39.0 Å². The Labute approximate surface area is 143 Å². The lowest BCUT2D eigenvalue weighted by Crippen LogP contribution is -2.44. The van der Waals surface area contributed by atoms with Crippen molar-refractivity contribution in [1.82, 2.24) is 5.32 Å². The van der Waals surface area contributed by atoms with Gasteiger partial charge < -0.3 is 15.0 Å². The number of amides is 2. The number of nitrogens with zero attached hydrogens (tertiary/aromatic N) is 1. The molecule has 5 heteroatoms. The van der Waals surface area contributed by atoms with E-state index in [1.54, 1.807) is 12.0 Å². The van der Waals surface area contributed by atoms with E-state index in [0.717, 1.165) is 17.9 Å². The molecule has 3 atom stereocenters. The molecule has 1 aliphatic heterocycles. The van der Waals surface area contributed by atoms with E-state index in [9.17, 15) is 9.59 Å². The van der Waals surface area contributed by atoms with Gasteiger partial charge >= 0.3 is 0 Å². The fraction of sp³-hybridized carbons (Fsp3) is 0.579. The quantitative estimate of drug-likeness (QED) is 0.923. The van der Waals surface area contributed by atoms with Gasteiger partial charge in [-0.15, -0.1) is 0 Å². The summed E-state index contributed by atoms with van der Waals surface area (Å²) in [5, 5.41) is 3.18. The van der Waals surface area contributed by atoms with Gasteiger partial charge in [-0.25, -0.2) is 0 Å². The average Bonchev–Trinajstić information content (AvgIpc) is 2.99. The predicted molar refractivity (Wildman–Crippen MR) is 93.0 cm³/mol. The zero-order valence-corrected chi connectivity index (χ0v) is 14.5. The smallest absolute Gasteiger partial charge is 0.227 e. The van der Waals surface area contributed by atoms with Gasteiger partial charge in [-0.2, -0.15) is 0 Å². The number of carbonyl (C=O) groups is 2. The predicted octanol–water partition coefficient (Wildman–Crippen LogP) is 2.74.